The molecule has 0 aliphatic carbocycles. The number of phenols is 2. The van der Waals surface area contributed by atoms with E-state index in [1.54, 1.807) is 12.1 Å². The molecule has 0 saturated heterocycles. The zero-order valence-electron chi connectivity index (χ0n) is 24.8. The highest BCUT2D eigenvalue weighted by Gasteiger charge is 2.22. The number of aromatic hydroxyl groups is 2. The number of rotatable bonds is 6. The van der Waals surface area contributed by atoms with Crippen molar-refractivity contribution in [1.82, 2.24) is 0 Å². The molecule has 0 bridgehead atoms. The number of phenolic OH excluding ortho intramolecular Hbond substituents is 2. The molecule has 0 spiro atoms. The molecule has 212 valence electrons. The average Bonchev–Trinajstić information content (AvgIpc) is 3.01. The van der Waals surface area contributed by atoms with Gasteiger partial charge in [-0.15, -0.1) is 0 Å². The van der Waals surface area contributed by atoms with E-state index in [4.69, 9.17) is 4.74 Å². The smallest absolute Gasteiger partial charge is 0.136 e. The molecule has 0 heterocycles. The Bertz CT molecular complexity index is 1760. The van der Waals surface area contributed by atoms with Crippen LogP contribution < -0.4 is 4.74 Å². The molecular formula is C40H34O3. The van der Waals surface area contributed by atoms with Crippen LogP contribution in [-0.2, 0) is 0 Å². The third kappa shape index (κ3) is 5.62. The molecule has 6 aromatic rings. The monoisotopic (exact) mass is 562 g/mol. The van der Waals surface area contributed by atoms with Crippen LogP contribution in [0.5, 0.6) is 23.0 Å². The fraction of sp³-hybridized carbons (Fsp3) is 0.100. The van der Waals surface area contributed by atoms with Gasteiger partial charge in [0.2, 0.25) is 0 Å². The van der Waals surface area contributed by atoms with Crippen molar-refractivity contribution < 1.29 is 14.9 Å². The third-order valence-corrected chi connectivity index (χ3v) is 7.87. The van der Waals surface area contributed by atoms with E-state index in [-0.39, 0.29) is 11.5 Å². The topological polar surface area (TPSA) is 49.7 Å². The highest BCUT2D eigenvalue weighted by Crippen LogP contribution is 2.50. The minimum absolute atomic E-state index is 0.177. The molecule has 3 heteroatoms. The first kappa shape index (κ1) is 27.9. The first-order valence-corrected chi connectivity index (χ1v) is 14.5. The van der Waals surface area contributed by atoms with Crippen LogP contribution in [0.15, 0.2) is 121 Å². The van der Waals surface area contributed by atoms with Crippen LogP contribution in [0.4, 0.5) is 0 Å². The largest absolute Gasteiger partial charge is 0.507 e. The molecule has 0 aliphatic heterocycles. The van der Waals surface area contributed by atoms with Gasteiger partial charge in [-0.05, 0) is 74.2 Å². The molecule has 0 radical (unpaired) electrons. The molecule has 0 amide bonds. The lowest BCUT2D eigenvalue weighted by atomic mass is 9.91. The summed E-state index contributed by atoms with van der Waals surface area (Å²) >= 11 is 0. The molecule has 6 aromatic carbocycles. The SMILES string of the molecule is Cc1ccc(-c2c(O)ccc(Oc3ccc(O)c(-c4ccc(C)cc4)c3-c3ccc(C)cc3)c2-c2ccc(C)cc2)cc1. The summed E-state index contributed by atoms with van der Waals surface area (Å²) in [6.07, 6.45) is 0. The number of hydrogen-bond donors (Lipinski definition) is 2. The second-order valence-electron chi connectivity index (χ2n) is 11.2. The quantitative estimate of drug-likeness (QED) is 0.212. The molecule has 2 N–H and O–H groups in total. The van der Waals surface area contributed by atoms with Gasteiger partial charge in [-0.1, -0.05) is 119 Å². The van der Waals surface area contributed by atoms with E-state index in [1.807, 2.05) is 74.5 Å². The number of aryl methyl sites for hydroxylation is 4. The second kappa shape index (κ2) is 11.5. The van der Waals surface area contributed by atoms with Crippen molar-refractivity contribution in [1.29, 1.82) is 0 Å². The van der Waals surface area contributed by atoms with Gasteiger partial charge in [0.15, 0.2) is 0 Å². The maximum atomic E-state index is 11.2. The summed E-state index contributed by atoms with van der Waals surface area (Å²) in [6, 6.07) is 39.8. The van der Waals surface area contributed by atoms with Gasteiger partial charge < -0.3 is 14.9 Å². The minimum Gasteiger partial charge on any atom is -0.507 e. The van der Waals surface area contributed by atoms with Crippen LogP contribution in [0.2, 0.25) is 0 Å². The van der Waals surface area contributed by atoms with Crippen LogP contribution in [0.1, 0.15) is 22.3 Å². The maximum Gasteiger partial charge on any atom is 0.136 e. The molecule has 6 rings (SSSR count). The van der Waals surface area contributed by atoms with Gasteiger partial charge in [0.25, 0.3) is 0 Å². The van der Waals surface area contributed by atoms with E-state index in [2.05, 4.69) is 62.4 Å². The van der Waals surface area contributed by atoms with Gasteiger partial charge in [0.1, 0.15) is 23.0 Å². The lowest BCUT2D eigenvalue weighted by Crippen LogP contribution is -1.96. The Morgan fingerprint density at radius 1 is 0.326 bits per heavy atom. The first-order valence-electron chi connectivity index (χ1n) is 14.5. The van der Waals surface area contributed by atoms with Crippen LogP contribution >= 0.6 is 0 Å². The van der Waals surface area contributed by atoms with Gasteiger partial charge in [-0.3, -0.25) is 0 Å². The Morgan fingerprint density at radius 2 is 0.581 bits per heavy atom. The summed E-state index contributed by atoms with van der Waals surface area (Å²) < 4.78 is 6.87. The molecule has 0 saturated carbocycles. The fourth-order valence-corrected chi connectivity index (χ4v) is 5.47. The van der Waals surface area contributed by atoms with Crippen molar-refractivity contribution in [2.24, 2.45) is 0 Å². The fourth-order valence-electron chi connectivity index (χ4n) is 5.47. The predicted molar refractivity (Wildman–Crippen MR) is 177 cm³/mol. The summed E-state index contributed by atoms with van der Waals surface area (Å²) in [5.74, 6) is 1.56. The number of hydrogen-bond acceptors (Lipinski definition) is 3. The average molecular weight is 563 g/mol. The highest BCUT2D eigenvalue weighted by atomic mass is 16.5. The van der Waals surface area contributed by atoms with E-state index in [0.717, 1.165) is 55.6 Å². The van der Waals surface area contributed by atoms with Crippen LogP contribution in [0.3, 0.4) is 0 Å². The Morgan fingerprint density at radius 3 is 0.860 bits per heavy atom. The molecular weight excluding hydrogens is 528 g/mol. The van der Waals surface area contributed by atoms with E-state index in [1.165, 1.54) is 0 Å². The molecule has 3 nitrogen and oxygen atoms in total. The Labute approximate surface area is 253 Å². The molecule has 0 atom stereocenters. The summed E-state index contributed by atoms with van der Waals surface area (Å²) in [5.41, 5.74) is 11.2. The van der Waals surface area contributed by atoms with Crippen LogP contribution in [0.25, 0.3) is 44.5 Å². The standard InChI is InChI=1S/C40H34O3/c1-25-5-13-29(14-6-25)37-33(41)21-23-35(39(37)31-17-9-27(3)10-18-31)43-36-24-22-34(42)38(30-15-7-26(2)8-16-30)40(36)32-19-11-28(4)12-20-32/h5-24,41-42H,1-4H3. The summed E-state index contributed by atoms with van der Waals surface area (Å²) in [5, 5.41) is 22.5. The predicted octanol–water partition coefficient (Wildman–Crippen LogP) is 10.8. The van der Waals surface area contributed by atoms with Crippen molar-refractivity contribution in [2.45, 2.75) is 27.7 Å². The Balaban J connectivity index is 1.61. The van der Waals surface area contributed by atoms with Crippen LogP contribution in [0, 0.1) is 27.7 Å². The van der Waals surface area contributed by atoms with Crippen molar-refractivity contribution in [3.63, 3.8) is 0 Å². The summed E-state index contributed by atoms with van der Waals surface area (Å²) in [6.45, 7) is 8.21. The van der Waals surface area contributed by atoms with Crippen LogP contribution in [-0.4, -0.2) is 10.2 Å². The maximum absolute atomic E-state index is 11.2. The Hall–Kier alpha value is -5.28. The van der Waals surface area contributed by atoms with Crippen molar-refractivity contribution >= 4 is 0 Å². The van der Waals surface area contributed by atoms with Crippen molar-refractivity contribution in [2.75, 3.05) is 0 Å². The lowest BCUT2D eigenvalue weighted by molar-refractivity contribution is 0.463. The highest BCUT2D eigenvalue weighted by molar-refractivity contribution is 5.94. The van der Waals surface area contributed by atoms with Gasteiger partial charge in [0, 0.05) is 22.3 Å². The zero-order chi connectivity index (χ0) is 30.1. The molecule has 0 aromatic heterocycles. The second-order valence-corrected chi connectivity index (χ2v) is 11.2. The van der Waals surface area contributed by atoms with Gasteiger partial charge in [-0.25, -0.2) is 0 Å². The summed E-state index contributed by atoms with van der Waals surface area (Å²) in [7, 11) is 0. The van der Waals surface area contributed by atoms with Gasteiger partial charge in [-0.2, -0.15) is 0 Å². The lowest BCUT2D eigenvalue weighted by Gasteiger charge is -2.21. The van der Waals surface area contributed by atoms with Crippen molar-refractivity contribution in [3.8, 4) is 67.5 Å². The molecule has 0 aliphatic rings. The van der Waals surface area contributed by atoms with Crippen molar-refractivity contribution in [3.05, 3.63) is 144 Å². The van der Waals surface area contributed by atoms with E-state index < -0.39 is 0 Å². The molecule has 0 fully saturated rings. The zero-order valence-corrected chi connectivity index (χ0v) is 24.8. The first-order chi connectivity index (χ1) is 20.8. The number of benzene rings is 6. The normalized spacial score (nSPS) is 11.0. The summed E-state index contributed by atoms with van der Waals surface area (Å²) in [4.78, 5) is 0. The minimum atomic E-state index is 0.177. The molecule has 43 heavy (non-hydrogen) atoms. The third-order valence-electron chi connectivity index (χ3n) is 7.87. The van der Waals surface area contributed by atoms with Gasteiger partial charge >= 0.3 is 0 Å². The Kier molecular flexibility index (Phi) is 7.48. The van der Waals surface area contributed by atoms with Gasteiger partial charge in [0.05, 0.1) is 0 Å². The molecule has 0 unspecified atom stereocenters. The van der Waals surface area contributed by atoms with E-state index in [9.17, 15) is 10.2 Å². The van der Waals surface area contributed by atoms with E-state index >= 15 is 0 Å². The number of ether oxygens (including phenoxy) is 1. The van der Waals surface area contributed by atoms with E-state index in [0.29, 0.717) is 22.6 Å².